The molecule has 0 saturated heterocycles. The highest BCUT2D eigenvalue weighted by molar-refractivity contribution is 6.12. The van der Waals surface area contributed by atoms with Gasteiger partial charge in [0.05, 0.1) is 5.56 Å². The van der Waals surface area contributed by atoms with E-state index in [0.717, 1.165) is 18.3 Å². The number of hydrogen-bond donors (Lipinski definition) is 2. The van der Waals surface area contributed by atoms with Gasteiger partial charge in [0.2, 0.25) is 11.4 Å². The zero-order valence-corrected chi connectivity index (χ0v) is 14.1. The quantitative estimate of drug-likeness (QED) is 0.626. The molecule has 0 saturated carbocycles. The molecule has 0 unspecified atom stereocenters. The van der Waals surface area contributed by atoms with E-state index in [9.17, 15) is 27.2 Å². The first-order valence-corrected chi connectivity index (χ1v) is 7.94. The van der Waals surface area contributed by atoms with E-state index in [1.807, 2.05) is 0 Å². The van der Waals surface area contributed by atoms with E-state index in [-0.39, 0.29) is 17.1 Å². The van der Waals surface area contributed by atoms with Gasteiger partial charge in [-0.2, -0.15) is 8.78 Å². The second kappa shape index (κ2) is 7.67. The highest BCUT2D eigenvalue weighted by atomic mass is 19.3. The van der Waals surface area contributed by atoms with Crippen LogP contribution in [0.25, 0.3) is 10.9 Å². The Balaban J connectivity index is 1.80. The van der Waals surface area contributed by atoms with E-state index in [2.05, 4.69) is 20.0 Å². The maximum atomic E-state index is 12.9. The number of benzene rings is 1. The first kappa shape index (κ1) is 19.3. The molecule has 2 heterocycles. The second-order valence-corrected chi connectivity index (χ2v) is 5.78. The average Bonchev–Trinajstić information content (AvgIpc) is 2.66. The molecule has 6 nitrogen and oxygen atoms in total. The molecule has 0 radical (unpaired) electrons. The Morgan fingerprint density at radius 2 is 1.96 bits per heavy atom. The molecule has 3 rings (SSSR count). The summed E-state index contributed by atoms with van der Waals surface area (Å²) in [5.74, 6) is -5.32. The lowest BCUT2D eigenvalue weighted by molar-refractivity contribution is -0.148. The van der Waals surface area contributed by atoms with Gasteiger partial charge in [0.25, 0.3) is 5.91 Å². The van der Waals surface area contributed by atoms with Crippen LogP contribution >= 0.6 is 0 Å². The van der Waals surface area contributed by atoms with E-state index >= 15 is 0 Å². The van der Waals surface area contributed by atoms with E-state index in [1.165, 1.54) is 6.07 Å². The van der Waals surface area contributed by atoms with Crippen LogP contribution in [0.15, 0.2) is 53.5 Å². The van der Waals surface area contributed by atoms with Crippen LogP contribution in [-0.4, -0.2) is 34.8 Å². The third-order valence-corrected chi connectivity index (χ3v) is 3.72. The van der Waals surface area contributed by atoms with Gasteiger partial charge in [-0.3, -0.25) is 9.59 Å². The molecule has 0 aliphatic carbocycles. The van der Waals surface area contributed by atoms with Crippen LogP contribution in [0.5, 0.6) is 5.88 Å². The van der Waals surface area contributed by atoms with Gasteiger partial charge in [-0.15, -0.1) is 0 Å². The topological polar surface area (TPSA) is 84.1 Å². The van der Waals surface area contributed by atoms with Crippen molar-refractivity contribution < 1.29 is 27.1 Å². The number of hydrogen-bond acceptors (Lipinski definition) is 4. The van der Waals surface area contributed by atoms with Crippen molar-refractivity contribution in [1.82, 2.24) is 9.97 Å². The van der Waals surface area contributed by atoms with Crippen LogP contribution in [0, 0.1) is 0 Å². The number of fused-ring (bicyclic) bond motifs is 1. The van der Waals surface area contributed by atoms with E-state index in [4.69, 9.17) is 0 Å². The lowest BCUT2D eigenvalue weighted by atomic mass is 10.1. The van der Waals surface area contributed by atoms with Crippen LogP contribution < -0.4 is 15.6 Å². The van der Waals surface area contributed by atoms with Crippen LogP contribution in [0.1, 0.15) is 10.4 Å². The number of carbonyl (C=O) groups is 1. The maximum Gasteiger partial charge on any atom is 0.340 e. The van der Waals surface area contributed by atoms with E-state index in [1.54, 1.807) is 24.3 Å². The number of amides is 1. The summed E-state index contributed by atoms with van der Waals surface area (Å²) in [6.45, 7) is -1.56. The van der Waals surface area contributed by atoms with Crippen LogP contribution in [0.2, 0.25) is 0 Å². The van der Waals surface area contributed by atoms with Crippen molar-refractivity contribution in [2.24, 2.45) is 0 Å². The van der Waals surface area contributed by atoms with Crippen molar-refractivity contribution in [3.63, 3.8) is 0 Å². The number of anilines is 1. The molecule has 0 atom stereocenters. The number of carbonyl (C=O) groups excluding carboxylic acids is 1. The van der Waals surface area contributed by atoms with Crippen LogP contribution in [0.3, 0.4) is 0 Å². The number of halogens is 4. The van der Waals surface area contributed by atoms with Gasteiger partial charge in [-0.25, -0.2) is 13.8 Å². The van der Waals surface area contributed by atoms with E-state index < -0.39 is 30.4 Å². The average molecular weight is 395 g/mol. The molecule has 1 aromatic carbocycles. The molecule has 3 aromatic rings. The summed E-state index contributed by atoms with van der Waals surface area (Å²) in [5, 5.41) is 2.99. The number of pyridine rings is 2. The summed E-state index contributed by atoms with van der Waals surface area (Å²) in [6.07, 6.45) is -2.72. The highest BCUT2D eigenvalue weighted by Gasteiger charge is 2.41. The number of aromatic nitrogens is 2. The van der Waals surface area contributed by atoms with Gasteiger partial charge in [0.1, 0.15) is 0 Å². The molecule has 1 amide bonds. The van der Waals surface area contributed by atoms with Gasteiger partial charge >= 0.3 is 12.3 Å². The molecule has 0 bridgehead atoms. The number of para-hydroxylation sites is 1. The Kier molecular flexibility index (Phi) is 5.30. The molecule has 0 aliphatic heterocycles. The van der Waals surface area contributed by atoms with Crippen molar-refractivity contribution in [2.75, 3.05) is 11.9 Å². The first-order chi connectivity index (χ1) is 13.3. The minimum absolute atomic E-state index is 0.0999. The van der Waals surface area contributed by atoms with Gasteiger partial charge in [0, 0.05) is 34.9 Å². The van der Waals surface area contributed by atoms with Gasteiger partial charge < -0.3 is 15.0 Å². The molecule has 146 valence electrons. The predicted molar refractivity (Wildman–Crippen MR) is 93.2 cm³/mol. The summed E-state index contributed by atoms with van der Waals surface area (Å²) < 4.78 is 54.9. The molecule has 0 fully saturated rings. The zero-order chi connectivity index (χ0) is 20.3. The summed E-state index contributed by atoms with van der Waals surface area (Å²) >= 11 is 0. The number of H-pyrrole nitrogens is 1. The highest BCUT2D eigenvalue weighted by Crippen LogP contribution is 2.24. The molecular weight excluding hydrogens is 382 g/mol. The minimum Gasteiger partial charge on any atom is -0.471 e. The Bertz CT molecular complexity index is 1070. The van der Waals surface area contributed by atoms with Gasteiger partial charge in [0.15, 0.2) is 6.61 Å². The Morgan fingerprint density at radius 3 is 2.71 bits per heavy atom. The summed E-state index contributed by atoms with van der Waals surface area (Å²) in [5.41, 5.74) is 0.215. The van der Waals surface area contributed by atoms with E-state index in [0.29, 0.717) is 10.9 Å². The molecular formula is C18H13F4N3O3. The number of ether oxygens (including phenoxy) is 1. The monoisotopic (exact) mass is 395 g/mol. The third kappa shape index (κ3) is 4.27. The normalized spacial score (nSPS) is 11.6. The molecule has 2 aromatic heterocycles. The lowest BCUT2D eigenvalue weighted by Gasteiger charge is -2.15. The van der Waals surface area contributed by atoms with Gasteiger partial charge in [-0.1, -0.05) is 18.2 Å². The van der Waals surface area contributed by atoms with Crippen LogP contribution in [-0.2, 0) is 0 Å². The SMILES string of the molecule is O=C(Nc1ccnc(OCC(F)(F)C(F)F)c1)c1cc(=O)[nH]c2ccccc12. The number of alkyl halides is 4. The predicted octanol–water partition coefficient (Wildman–Crippen LogP) is 3.45. The zero-order valence-electron chi connectivity index (χ0n) is 14.1. The van der Waals surface area contributed by atoms with Crippen molar-refractivity contribution in [3.05, 3.63) is 64.6 Å². The molecule has 2 N–H and O–H groups in total. The Hall–Kier alpha value is -3.43. The number of aromatic amines is 1. The molecule has 10 heteroatoms. The first-order valence-electron chi connectivity index (χ1n) is 7.94. The van der Waals surface area contributed by atoms with Gasteiger partial charge in [-0.05, 0) is 12.1 Å². The number of nitrogens with zero attached hydrogens (tertiary/aromatic N) is 1. The van der Waals surface area contributed by atoms with Crippen molar-refractivity contribution in [3.8, 4) is 5.88 Å². The Morgan fingerprint density at radius 1 is 1.21 bits per heavy atom. The fourth-order valence-electron chi connectivity index (χ4n) is 2.39. The lowest BCUT2D eigenvalue weighted by Crippen LogP contribution is -2.33. The number of rotatable bonds is 6. The summed E-state index contributed by atoms with van der Waals surface area (Å²) in [7, 11) is 0. The fraction of sp³-hybridized carbons (Fsp3) is 0.167. The Labute approximate surface area is 155 Å². The van der Waals surface area contributed by atoms with Crippen LogP contribution in [0.4, 0.5) is 23.2 Å². The summed E-state index contributed by atoms with van der Waals surface area (Å²) in [4.78, 5) is 30.5. The van der Waals surface area contributed by atoms with Crippen molar-refractivity contribution >= 4 is 22.5 Å². The number of nitrogens with one attached hydrogen (secondary N) is 2. The maximum absolute atomic E-state index is 12.9. The minimum atomic E-state index is -4.33. The fourth-order valence-corrected chi connectivity index (χ4v) is 2.39. The third-order valence-electron chi connectivity index (χ3n) is 3.72. The molecule has 0 aliphatic rings. The second-order valence-electron chi connectivity index (χ2n) is 5.78. The largest absolute Gasteiger partial charge is 0.471 e. The molecule has 28 heavy (non-hydrogen) atoms. The smallest absolute Gasteiger partial charge is 0.340 e. The summed E-state index contributed by atoms with van der Waals surface area (Å²) in [6, 6.07) is 10.3. The standard InChI is InChI=1S/C18H13F4N3O3/c19-17(20)18(21,22)9-28-15-7-10(5-6-23-15)24-16(27)12-8-14(26)25-13-4-2-1-3-11(12)13/h1-8,17H,9H2,(H,25,26)(H,23,24,27). The molecule has 0 spiro atoms. The van der Waals surface area contributed by atoms with Crippen molar-refractivity contribution in [1.29, 1.82) is 0 Å². The van der Waals surface area contributed by atoms with Crippen molar-refractivity contribution in [2.45, 2.75) is 12.3 Å².